The predicted molar refractivity (Wildman–Crippen MR) is 195 cm³/mol. The van der Waals surface area contributed by atoms with E-state index in [0.717, 1.165) is 32.1 Å². The number of fused-ring (bicyclic) bond motifs is 1. The fraction of sp³-hybridized carbons (Fsp3) is 0.556. The van der Waals surface area contributed by atoms with Gasteiger partial charge >= 0.3 is 6.09 Å². The normalized spacial score (nSPS) is 18.7. The quantitative estimate of drug-likeness (QED) is 0.0781. The minimum absolute atomic E-state index is 0.0149. The third kappa shape index (κ3) is 10.1. The molecule has 0 bridgehead atoms. The van der Waals surface area contributed by atoms with Crippen molar-refractivity contribution in [3.8, 4) is 0 Å². The summed E-state index contributed by atoms with van der Waals surface area (Å²) in [6.07, 6.45) is 6.89. The highest BCUT2D eigenvalue weighted by Crippen LogP contribution is 2.33. The molecule has 2 fully saturated rings. The van der Waals surface area contributed by atoms with Crippen LogP contribution in [0, 0.1) is 5.92 Å². The Labute approximate surface area is 315 Å². The summed E-state index contributed by atoms with van der Waals surface area (Å²) in [6, 6.07) is 0.0973. The van der Waals surface area contributed by atoms with Gasteiger partial charge in [0.1, 0.15) is 17.7 Å². The minimum Gasteiger partial charge on any atom is -0.465 e. The number of nitrogens with one attached hydrogen (secondary N) is 4. The molecule has 0 radical (unpaired) electrons. The SMILES string of the molecule is CC(C)(O)c1cnnn1[C@H]1C[C@@H](C(=O)NC(CCCCNC(=O)O)C(=O)C(N)=O)N(C(=O)[C@@H](CC2CCCCC2)NC(=O)c2ccc3c(=O)[nH]cnc3c2)C1. The number of likely N-dealkylation sites (tertiary alicyclic amines) is 1. The van der Waals surface area contributed by atoms with Crippen LogP contribution in [0.4, 0.5) is 4.79 Å². The molecule has 3 aromatic rings. The molecule has 1 aliphatic heterocycles. The Morgan fingerprint density at radius 2 is 1.80 bits per heavy atom. The average molecular weight is 765 g/mol. The first-order chi connectivity index (χ1) is 26.1. The Bertz CT molecular complexity index is 1970. The highest BCUT2D eigenvalue weighted by molar-refractivity contribution is 6.37. The highest BCUT2D eigenvalue weighted by atomic mass is 16.4. The maximum Gasteiger partial charge on any atom is 0.404 e. The first-order valence-electron chi connectivity index (χ1n) is 18.5. The molecule has 5 rings (SSSR count). The number of amides is 5. The maximum atomic E-state index is 14.8. The Hall–Kier alpha value is -5.72. The number of carbonyl (C=O) groups is 6. The van der Waals surface area contributed by atoms with Crippen LogP contribution in [0.5, 0.6) is 0 Å². The van der Waals surface area contributed by atoms with Crippen molar-refractivity contribution in [1.29, 1.82) is 0 Å². The summed E-state index contributed by atoms with van der Waals surface area (Å²) >= 11 is 0. The second kappa shape index (κ2) is 17.6. The van der Waals surface area contributed by atoms with Crippen molar-refractivity contribution in [2.24, 2.45) is 11.7 Å². The number of ketones is 1. The summed E-state index contributed by atoms with van der Waals surface area (Å²) < 4.78 is 1.45. The number of aromatic nitrogens is 5. The number of nitrogens with zero attached hydrogens (tertiary/aromatic N) is 5. The second-order valence-corrected chi connectivity index (χ2v) is 14.8. The molecule has 1 saturated heterocycles. The lowest BCUT2D eigenvalue weighted by molar-refractivity contribution is -0.142. The van der Waals surface area contributed by atoms with Gasteiger partial charge in [-0.1, -0.05) is 37.3 Å². The second-order valence-electron chi connectivity index (χ2n) is 14.8. The van der Waals surface area contributed by atoms with Gasteiger partial charge < -0.3 is 41.8 Å². The average Bonchev–Trinajstić information content (AvgIpc) is 3.82. The molecule has 296 valence electrons. The van der Waals surface area contributed by atoms with E-state index in [1.807, 2.05) is 0 Å². The summed E-state index contributed by atoms with van der Waals surface area (Å²) in [4.78, 5) is 98.6. The van der Waals surface area contributed by atoms with Crippen molar-refractivity contribution in [3.05, 3.63) is 52.3 Å². The Kier molecular flexibility index (Phi) is 13.0. The Morgan fingerprint density at radius 3 is 2.49 bits per heavy atom. The predicted octanol–water partition coefficient (Wildman–Crippen LogP) is 0.630. The van der Waals surface area contributed by atoms with Crippen molar-refractivity contribution in [1.82, 2.24) is 45.8 Å². The molecule has 1 aromatic carbocycles. The third-order valence-electron chi connectivity index (χ3n) is 10.3. The van der Waals surface area contributed by atoms with Gasteiger partial charge in [-0.2, -0.15) is 0 Å². The van der Waals surface area contributed by atoms with Crippen molar-refractivity contribution in [3.63, 3.8) is 0 Å². The fourth-order valence-electron chi connectivity index (χ4n) is 7.44. The van der Waals surface area contributed by atoms with Gasteiger partial charge in [0.25, 0.3) is 17.4 Å². The summed E-state index contributed by atoms with van der Waals surface area (Å²) in [7, 11) is 0. The van der Waals surface area contributed by atoms with E-state index in [0.29, 0.717) is 17.6 Å². The minimum atomic E-state index is -1.38. The molecular formula is C36H48N10O9. The zero-order valence-corrected chi connectivity index (χ0v) is 30.8. The van der Waals surface area contributed by atoms with E-state index in [4.69, 9.17) is 10.8 Å². The summed E-state index contributed by atoms with van der Waals surface area (Å²) in [5.74, 6) is -4.11. The number of Topliss-reactive ketones (excluding diaryl/α,β-unsaturated/α-hetero) is 1. The van der Waals surface area contributed by atoms with Gasteiger partial charge in [-0.05, 0) is 63.6 Å². The summed E-state index contributed by atoms with van der Waals surface area (Å²) in [6.45, 7) is 3.10. The molecule has 0 spiro atoms. The van der Waals surface area contributed by atoms with E-state index in [1.165, 1.54) is 40.3 Å². The van der Waals surface area contributed by atoms with E-state index in [1.54, 1.807) is 13.8 Å². The fourth-order valence-corrected chi connectivity index (χ4v) is 7.44. The number of benzene rings is 1. The van der Waals surface area contributed by atoms with Crippen molar-refractivity contribution in [2.45, 2.75) is 108 Å². The van der Waals surface area contributed by atoms with Gasteiger partial charge in [-0.3, -0.25) is 28.8 Å². The first kappa shape index (κ1) is 40.5. The topological polar surface area (TPSA) is 285 Å². The Balaban J connectivity index is 1.45. The number of hydrogen-bond donors (Lipinski definition) is 7. The lowest BCUT2D eigenvalue weighted by Gasteiger charge is -2.32. The molecule has 19 heteroatoms. The molecule has 2 aromatic heterocycles. The van der Waals surface area contributed by atoms with Crippen LogP contribution >= 0.6 is 0 Å². The molecule has 19 nitrogen and oxygen atoms in total. The monoisotopic (exact) mass is 764 g/mol. The van der Waals surface area contributed by atoms with Crippen molar-refractivity contribution < 1.29 is 39.0 Å². The molecule has 8 N–H and O–H groups in total. The molecule has 1 unspecified atom stereocenters. The number of rotatable bonds is 16. The van der Waals surface area contributed by atoms with Gasteiger partial charge in [0.15, 0.2) is 0 Å². The zero-order valence-electron chi connectivity index (χ0n) is 30.8. The molecule has 2 aliphatic rings. The molecule has 1 saturated carbocycles. The lowest BCUT2D eigenvalue weighted by atomic mass is 9.84. The van der Waals surface area contributed by atoms with Crippen molar-refractivity contribution in [2.75, 3.05) is 13.1 Å². The van der Waals surface area contributed by atoms with Gasteiger partial charge in [0.05, 0.1) is 41.2 Å². The molecule has 1 aliphatic carbocycles. The van der Waals surface area contributed by atoms with Crippen molar-refractivity contribution >= 4 is 46.4 Å². The van der Waals surface area contributed by atoms with Crippen LogP contribution in [0.15, 0.2) is 35.5 Å². The number of carbonyl (C=O) groups excluding carboxylic acids is 5. The lowest BCUT2D eigenvalue weighted by Crippen LogP contribution is -2.56. The van der Waals surface area contributed by atoms with Crippen LogP contribution in [-0.4, -0.2) is 107 Å². The number of aliphatic hydroxyl groups is 1. The van der Waals surface area contributed by atoms with Crippen LogP contribution in [0.3, 0.4) is 0 Å². The number of unbranched alkanes of at least 4 members (excludes halogenated alkanes) is 1. The van der Waals surface area contributed by atoms with Crippen LogP contribution in [0.2, 0.25) is 0 Å². The summed E-state index contributed by atoms with van der Waals surface area (Å²) in [5, 5.41) is 35.8. The summed E-state index contributed by atoms with van der Waals surface area (Å²) in [5.41, 5.74) is 4.36. The van der Waals surface area contributed by atoms with Crippen LogP contribution < -0.4 is 27.2 Å². The number of aromatic amines is 1. The molecular weight excluding hydrogens is 716 g/mol. The smallest absolute Gasteiger partial charge is 0.404 e. The third-order valence-corrected chi connectivity index (χ3v) is 10.3. The Morgan fingerprint density at radius 1 is 1.05 bits per heavy atom. The number of hydrogen-bond acceptors (Lipinski definition) is 11. The van der Waals surface area contributed by atoms with Crippen LogP contribution in [0.1, 0.15) is 100 Å². The maximum absolute atomic E-state index is 14.8. The largest absolute Gasteiger partial charge is 0.465 e. The van der Waals surface area contributed by atoms with Gasteiger partial charge in [0, 0.05) is 25.1 Å². The van der Waals surface area contributed by atoms with E-state index >= 15 is 0 Å². The van der Waals surface area contributed by atoms with Gasteiger partial charge in [-0.15, -0.1) is 5.10 Å². The molecule has 5 amide bonds. The number of primary amides is 1. The molecule has 3 heterocycles. The molecule has 55 heavy (non-hydrogen) atoms. The van der Waals surface area contributed by atoms with Crippen LogP contribution in [0.25, 0.3) is 10.9 Å². The zero-order chi connectivity index (χ0) is 39.9. The van der Waals surface area contributed by atoms with E-state index in [-0.39, 0.29) is 61.2 Å². The van der Waals surface area contributed by atoms with E-state index < -0.39 is 65.3 Å². The van der Waals surface area contributed by atoms with E-state index in [9.17, 15) is 38.7 Å². The van der Waals surface area contributed by atoms with Gasteiger partial charge in [-0.25, -0.2) is 14.5 Å². The highest BCUT2D eigenvalue weighted by Gasteiger charge is 2.45. The van der Waals surface area contributed by atoms with Crippen LogP contribution in [-0.2, 0) is 24.8 Å². The standard InChI is InChI=1S/C36H48N10O9/c1-36(2,55)28-17-41-44-46(28)22-16-27(33(51)42-24(29(47)30(37)48)10-6-7-13-38-35(53)54)45(18-22)34(52)26(14-20-8-4-3-5-9-20)43-31(49)21-11-12-23-25(15-21)39-19-40-32(23)50/h11-12,15,17,19-20,22,24,26-27,38,55H,3-10,13-14,16,18H2,1-2H3,(H2,37,48)(H,42,51)(H,43,49)(H,53,54)(H,39,40,50)/t22-,24?,26+,27-/m0/s1. The van der Waals surface area contributed by atoms with E-state index in [2.05, 4.69) is 36.2 Å². The molecule has 4 atom stereocenters. The van der Waals surface area contributed by atoms with Gasteiger partial charge in [0.2, 0.25) is 17.6 Å². The number of carboxylic acid groups (broad SMARTS) is 1. The first-order valence-corrected chi connectivity index (χ1v) is 18.5. The number of H-pyrrole nitrogens is 1. The number of nitrogens with two attached hydrogens (primary N) is 1.